The lowest BCUT2D eigenvalue weighted by Crippen LogP contribution is -1.94. The first-order valence-corrected chi connectivity index (χ1v) is 9.13. The molecule has 0 saturated heterocycles. The quantitative estimate of drug-likeness (QED) is 0.289. The molecule has 1 heterocycles. The van der Waals surface area contributed by atoms with E-state index in [2.05, 4.69) is 99.3 Å². The summed E-state index contributed by atoms with van der Waals surface area (Å²) in [5, 5.41) is 0. The second-order valence-electron chi connectivity index (χ2n) is 5.72. The highest BCUT2D eigenvalue weighted by Gasteiger charge is 2.07. The molecular weight excluding hydrogens is 419 g/mol. The van der Waals surface area contributed by atoms with E-state index in [1.54, 1.807) is 0 Å². The SMILES string of the molecule is Ic1nc(-c2ccccc2)cc(-c2ccc(-c3ccccc3)cc2)n1. The Morgan fingerprint density at radius 3 is 1.44 bits per heavy atom. The maximum atomic E-state index is 4.61. The lowest BCUT2D eigenvalue weighted by atomic mass is 10.0. The topological polar surface area (TPSA) is 25.8 Å². The molecule has 0 radical (unpaired) electrons. The van der Waals surface area contributed by atoms with Crippen LogP contribution in [0.25, 0.3) is 33.6 Å². The lowest BCUT2D eigenvalue weighted by Gasteiger charge is -2.07. The van der Waals surface area contributed by atoms with Gasteiger partial charge in [0, 0.05) is 33.7 Å². The van der Waals surface area contributed by atoms with Gasteiger partial charge in [0.1, 0.15) is 0 Å². The van der Waals surface area contributed by atoms with E-state index >= 15 is 0 Å². The van der Waals surface area contributed by atoms with Crippen LogP contribution >= 0.6 is 22.6 Å². The van der Waals surface area contributed by atoms with Gasteiger partial charge in [-0.3, -0.25) is 0 Å². The van der Waals surface area contributed by atoms with Crippen LogP contribution in [0.15, 0.2) is 91.0 Å². The van der Waals surface area contributed by atoms with Gasteiger partial charge in [-0.1, -0.05) is 84.9 Å². The molecule has 0 N–H and O–H groups in total. The second kappa shape index (κ2) is 7.15. The fraction of sp³-hybridized carbons (Fsp3) is 0. The van der Waals surface area contributed by atoms with Gasteiger partial charge in [0.2, 0.25) is 0 Å². The molecule has 2 nitrogen and oxygen atoms in total. The molecule has 4 aromatic rings. The monoisotopic (exact) mass is 434 g/mol. The Balaban J connectivity index is 1.71. The molecule has 4 rings (SSSR count). The minimum Gasteiger partial charge on any atom is -0.223 e. The lowest BCUT2D eigenvalue weighted by molar-refractivity contribution is 1.12. The second-order valence-corrected chi connectivity index (χ2v) is 6.68. The summed E-state index contributed by atoms with van der Waals surface area (Å²) < 4.78 is 0.751. The molecule has 3 aromatic carbocycles. The van der Waals surface area contributed by atoms with Gasteiger partial charge >= 0.3 is 0 Å². The first-order valence-electron chi connectivity index (χ1n) is 8.05. The summed E-state index contributed by atoms with van der Waals surface area (Å²) >= 11 is 2.18. The Morgan fingerprint density at radius 2 is 0.880 bits per heavy atom. The normalized spacial score (nSPS) is 10.6. The highest BCUT2D eigenvalue weighted by molar-refractivity contribution is 14.1. The smallest absolute Gasteiger partial charge is 0.191 e. The van der Waals surface area contributed by atoms with Crippen LogP contribution in [0.3, 0.4) is 0 Å². The van der Waals surface area contributed by atoms with Gasteiger partial charge in [-0.2, -0.15) is 0 Å². The zero-order chi connectivity index (χ0) is 17.1. The maximum absolute atomic E-state index is 4.61. The summed E-state index contributed by atoms with van der Waals surface area (Å²) in [5.41, 5.74) is 6.51. The number of hydrogen-bond acceptors (Lipinski definition) is 2. The summed E-state index contributed by atoms with van der Waals surface area (Å²) in [6.07, 6.45) is 0. The summed E-state index contributed by atoms with van der Waals surface area (Å²) in [5.74, 6) is 0. The van der Waals surface area contributed by atoms with Crippen molar-refractivity contribution in [3.63, 3.8) is 0 Å². The van der Waals surface area contributed by atoms with Gasteiger partial charge in [-0.15, -0.1) is 0 Å². The predicted molar refractivity (Wildman–Crippen MR) is 111 cm³/mol. The fourth-order valence-electron chi connectivity index (χ4n) is 2.79. The number of hydrogen-bond donors (Lipinski definition) is 0. The van der Waals surface area contributed by atoms with E-state index in [4.69, 9.17) is 0 Å². The third-order valence-electron chi connectivity index (χ3n) is 4.06. The van der Waals surface area contributed by atoms with Crippen molar-refractivity contribution in [2.24, 2.45) is 0 Å². The minimum absolute atomic E-state index is 0.751. The molecular formula is C22H15IN2. The van der Waals surface area contributed by atoms with E-state index in [0.717, 1.165) is 26.3 Å². The Labute approximate surface area is 160 Å². The van der Waals surface area contributed by atoms with Crippen LogP contribution in [0.1, 0.15) is 0 Å². The van der Waals surface area contributed by atoms with Crippen LogP contribution < -0.4 is 0 Å². The highest BCUT2D eigenvalue weighted by atomic mass is 127. The van der Waals surface area contributed by atoms with Gasteiger partial charge < -0.3 is 0 Å². The summed E-state index contributed by atoms with van der Waals surface area (Å²) in [6, 6.07) is 31.2. The van der Waals surface area contributed by atoms with Gasteiger partial charge in [0.25, 0.3) is 0 Å². The van der Waals surface area contributed by atoms with E-state index in [1.807, 2.05) is 24.3 Å². The molecule has 0 fully saturated rings. The molecule has 0 saturated carbocycles. The zero-order valence-corrected chi connectivity index (χ0v) is 15.6. The molecule has 0 aliphatic carbocycles. The van der Waals surface area contributed by atoms with E-state index in [9.17, 15) is 0 Å². The number of rotatable bonds is 3. The predicted octanol–water partition coefficient (Wildman–Crippen LogP) is 6.08. The maximum Gasteiger partial charge on any atom is 0.191 e. The van der Waals surface area contributed by atoms with Crippen molar-refractivity contribution in [3.05, 3.63) is 94.8 Å². The molecule has 3 heteroatoms. The minimum atomic E-state index is 0.751. The van der Waals surface area contributed by atoms with Crippen LogP contribution in [0, 0.1) is 3.83 Å². The first-order chi connectivity index (χ1) is 12.3. The van der Waals surface area contributed by atoms with Crippen molar-refractivity contribution in [2.75, 3.05) is 0 Å². The molecule has 0 bridgehead atoms. The molecule has 0 aliphatic rings. The van der Waals surface area contributed by atoms with E-state index < -0.39 is 0 Å². The van der Waals surface area contributed by atoms with Crippen LogP contribution in [-0.4, -0.2) is 9.97 Å². The Morgan fingerprint density at radius 1 is 0.480 bits per heavy atom. The van der Waals surface area contributed by atoms with Gasteiger partial charge in [-0.05, 0) is 17.2 Å². The average Bonchev–Trinajstić information content (AvgIpc) is 2.69. The number of halogens is 1. The molecule has 120 valence electrons. The van der Waals surface area contributed by atoms with Crippen molar-refractivity contribution >= 4 is 22.6 Å². The number of benzene rings is 3. The molecule has 0 spiro atoms. The number of nitrogens with zero attached hydrogens (tertiary/aromatic N) is 2. The van der Waals surface area contributed by atoms with Crippen LogP contribution in [-0.2, 0) is 0 Å². The van der Waals surface area contributed by atoms with Crippen LogP contribution in [0.4, 0.5) is 0 Å². The van der Waals surface area contributed by atoms with Crippen molar-refractivity contribution in [1.29, 1.82) is 0 Å². The van der Waals surface area contributed by atoms with Gasteiger partial charge in [-0.25, -0.2) is 9.97 Å². The van der Waals surface area contributed by atoms with Crippen molar-refractivity contribution in [1.82, 2.24) is 9.97 Å². The number of aromatic nitrogens is 2. The third-order valence-corrected chi connectivity index (χ3v) is 4.54. The highest BCUT2D eigenvalue weighted by Crippen LogP contribution is 2.27. The Bertz CT molecular complexity index is 981. The molecule has 1 aromatic heterocycles. The Kier molecular flexibility index (Phi) is 4.57. The third kappa shape index (κ3) is 3.61. The summed E-state index contributed by atoms with van der Waals surface area (Å²) in [6.45, 7) is 0. The van der Waals surface area contributed by atoms with Crippen molar-refractivity contribution < 1.29 is 0 Å². The Hall–Kier alpha value is -2.53. The zero-order valence-electron chi connectivity index (χ0n) is 13.4. The van der Waals surface area contributed by atoms with Crippen molar-refractivity contribution in [3.8, 4) is 33.6 Å². The standard InChI is InChI=1S/C22H15IN2/c23-22-24-20(18-9-5-2-6-10-18)15-21(25-22)19-13-11-17(12-14-19)16-7-3-1-4-8-16/h1-15H. The van der Waals surface area contributed by atoms with Crippen molar-refractivity contribution in [2.45, 2.75) is 0 Å². The molecule has 0 amide bonds. The first kappa shape index (κ1) is 16.0. The van der Waals surface area contributed by atoms with Gasteiger partial charge in [0.15, 0.2) is 3.83 Å². The van der Waals surface area contributed by atoms with E-state index in [-0.39, 0.29) is 0 Å². The van der Waals surface area contributed by atoms with E-state index in [0.29, 0.717) is 0 Å². The molecule has 0 atom stereocenters. The molecule has 0 aliphatic heterocycles. The van der Waals surface area contributed by atoms with Crippen LogP contribution in [0.2, 0.25) is 0 Å². The fourth-order valence-corrected chi connectivity index (χ4v) is 3.31. The summed E-state index contributed by atoms with van der Waals surface area (Å²) in [4.78, 5) is 9.18. The van der Waals surface area contributed by atoms with Crippen LogP contribution in [0.5, 0.6) is 0 Å². The molecule has 0 unspecified atom stereocenters. The average molecular weight is 434 g/mol. The van der Waals surface area contributed by atoms with Gasteiger partial charge in [0.05, 0.1) is 11.4 Å². The largest absolute Gasteiger partial charge is 0.223 e. The summed E-state index contributed by atoms with van der Waals surface area (Å²) in [7, 11) is 0. The molecule has 25 heavy (non-hydrogen) atoms. The van der Waals surface area contributed by atoms with E-state index in [1.165, 1.54) is 11.1 Å².